The van der Waals surface area contributed by atoms with Gasteiger partial charge in [-0.1, -0.05) is 0 Å². The number of aliphatic carboxylic acids is 1. The van der Waals surface area contributed by atoms with Gasteiger partial charge in [0.1, 0.15) is 5.52 Å². The molecular formula is C14H16N4O2. The Morgan fingerprint density at radius 2 is 2.20 bits per heavy atom. The van der Waals surface area contributed by atoms with Crippen molar-refractivity contribution < 1.29 is 9.90 Å². The Morgan fingerprint density at radius 1 is 1.35 bits per heavy atom. The molecule has 0 amide bonds. The van der Waals surface area contributed by atoms with Crippen molar-refractivity contribution in [2.45, 2.75) is 25.2 Å². The van der Waals surface area contributed by atoms with Gasteiger partial charge in [0.25, 0.3) is 0 Å². The van der Waals surface area contributed by atoms with E-state index < -0.39 is 5.97 Å². The number of aromatic nitrogens is 3. The SMILES string of the molecule is O=C(O)[C@H]1CCN(c2nccn3nc(C4CC4)cc23)C1. The largest absolute Gasteiger partial charge is 0.481 e. The molecule has 2 aromatic rings. The van der Waals surface area contributed by atoms with Gasteiger partial charge in [-0.25, -0.2) is 9.50 Å². The van der Waals surface area contributed by atoms with E-state index >= 15 is 0 Å². The van der Waals surface area contributed by atoms with E-state index in [2.05, 4.69) is 21.0 Å². The zero-order chi connectivity index (χ0) is 13.7. The highest BCUT2D eigenvalue weighted by molar-refractivity contribution is 5.74. The highest BCUT2D eigenvalue weighted by Crippen LogP contribution is 2.40. The van der Waals surface area contributed by atoms with Crippen LogP contribution in [-0.4, -0.2) is 38.8 Å². The van der Waals surface area contributed by atoms with Gasteiger partial charge in [-0.15, -0.1) is 0 Å². The van der Waals surface area contributed by atoms with Crippen molar-refractivity contribution >= 4 is 17.3 Å². The normalized spacial score (nSPS) is 22.6. The molecule has 1 saturated carbocycles. The maximum Gasteiger partial charge on any atom is 0.308 e. The minimum absolute atomic E-state index is 0.289. The van der Waals surface area contributed by atoms with Crippen molar-refractivity contribution in [2.75, 3.05) is 18.0 Å². The molecular weight excluding hydrogens is 256 g/mol. The first-order valence-electron chi connectivity index (χ1n) is 7.04. The first kappa shape index (κ1) is 11.7. The molecule has 0 aromatic carbocycles. The lowest BCUT2D eigenvalue weighted by Gasteiger charge is -2.17. The van der Waals surface area contributed by atoms with Crippen LogP contribution in [0.25, 0.3) is 5.52 Å². The molecule has 1 N–H and O–H groups in total. The van der Waals surface area contributed by atoms with Crippen molar-refractivity contribution in [3.05, 3.63) is 24.2 Å². The van der Waals surface area contributed by atoms with Crippen LogP contribution in [0.3, 0.4) is 0 Å². The van der Waals surface area contributed by atoms with Gasteiger partial charge >= 0.3 is 5.97 Å². The number of nitrogens with zero attached hydrogens (tertiary/aromatic N) is 4. The highest BCUT2D eigenvalue weighted by Gasteiger charge is 2.31. The smallest absolute Gasteiger partial charge is 0.308 e. The molecule has 0 unspecified atom stereocenters. The van der Waals surface area contributed by atoms with Crippen LogP contribution in [0.5, 0.6) is 0 Å². The van der Waals surface area contributed by atoms with Crippen LogP contribution in [0.4, 0.5) is 5.82 Å². The summed E-state index contributed by atoms with van der Waals surface area (Å²) in [6, 6.07) is 2.11. The zero-order valence-electron chi connectivity index (χ0n) is 11.1. The topological polar surface area (TPSA) is 70.7 Å². The summed E-state index contributed by atoms with van der Waals surface area (Å²) in [6.45, 7) is 1.28. The lowest BCUT2D eigenvalue weighted by molar-refractivity contribution is -0.140. The summed E-state index contributed by atoms with van der Waals surface area (Å²) in [7, 11) is 0. The molecule has 1 aliphatic heterocycles. The average Bonchev–Trinajstić information content (AvgIpc) is 3.02. The van der Waals surface area contributed by atoms with E-state index in [1.807, 2.05) is 10.7 Å². The van der Waals surface area contributed by atoms with Crippen LogP contribution in [-0.2, 0) is 4.79 Å². The molecule has 104 valence electrons. The first-order chi connectivity index (χ1) is 9.72. The monoisotopic (exact) mass is 272 g/mol. The van der Waals surface area contributed by atoms with Gasteiger partial charge in [-0.05, 0) is 25.3 Å². The molecule has 6 heteroatoms. The molecule has 0 bridgehead atoms. The Labute approximate surface area is 116 Å². The lowest BCUT2D eigenvalue weighted by atomic mass is 10.1. The number of hydrogen-bond acceptors (Lipinski definition) is 4. The van der Waals surface area contributed by atoms with E-state index in [1.165, 1.54) is 12.8 Å². The second kappa shape index (κ2) is 4.19. The predicted molar refractivity (Wildman–Crippen MR) is 72.9 cm³/mol. The van der Waals surface area contributed by atoms with Crippen LogP contribution >= 0.6 is 0 Å². The van der Waals surface area contributed by atoms with Crippen molar-refractivity contribution in [1.82, 2.24) is 14.6 Å². The third kappa shape index (κ3) is 1.83. The van der Waals surface area contributed by atoms with Crippen LogP contribution < -0.4 is 4.90 Å². The molecule has 6 nitrogen and oxygen atoms in total. The van der Waals surface area contributed by atoms with Crippen LogP contribution in [0.15, 0.2) is 18.5 Å². The zero-order valence-corrected chi connectivity index (χ0v) is 11.1. The second-order valence-electron chi connectivity index (χ2n) is 5.69. The van der Waals surface area contributed by atoms with Crippen LogP contribution in [0.2, 0.25) is 0 Å². The molecule has 0 radical (unpaired) electrons. The summed E-state index contributed by atoms with van der Waals surface area (Å²) < 4.78 is 1.87. The maximum absolute atomic E-state index is 11.1. The summed E-state index contributed by atoms with van der Waals surface area (Å²) in [5.74, 6) is 0.457. The van der Waals surface area contributed by atoms with Crippen molar-refractivity contribution in [1.29, 1.82) is 0 Å². The summed E-state index contributed by atoms with van der Waals surface area (Å²) in [5, 5.41) is 13.7. The Kier molecular flexibility index (Phi) is 2.45. The average molecular weight is 272 g/mol. The third-order valence-electron chi connectivity index (χ3n) is 4.22. The number of carboxylic acid groups (broad SMARTS) is 1. The molecule has 1 saturated heterocycles. The van der Waals surface area contributed by atoms with Crippen molar-refractivity contribution in [3.8, 4) is 0 Å². The van der Waals surface area contributed by atoms with Crippen LogP contribution in [0, 0.1) is 5.92 Å². The Bertz CT molecular complexity index is 677. The lowest BCUT2D eigenvalue weighted by Crippen LogP contribution is -2.24. The fourth-order valence-corrected chi connectivity index (χ4v) is 2.90. The van der Waals surface area contributed by atoms with Gasteiger partial charge in [0, 0.05) is 31.4 Å². The van der Waals surface area contributed by atoms with Gasteiger partial charge in [0.05, 0.1) is 11.6 Å². The summed E-state index contributed by atoms with van der Waals surface area (Å²) in [6.07, 6.45) is 6.71. The van der Waals surface area contributed by atoms with Gasteiger partial charge in [0.15, 0.2) is 5.82 Å². The summed E-state index contributed by atoms with van der Waals surface area (Å²) >= 11 is 0. The number of anilines is 1. The van der Waals surface area contributed by atoms with Gasteiger partial charge in [-0.3, -0.25) is 4.79 Å². The molecule has 20 heavy (non-hydrogen) atoms. The Balaban J connectivity index is 1.70. The molecule has 1 aliphatic carbocycles. The molecule has 4 rings (SSSR count). The molecule has 0 spiro atoms. The second-order valence-corrected chi connectivity index (χ2v) is 5.69. The highest BCUT2D eigenvalue weighted by atomic mass is 16.4. The number of carbonyl (C=O) groups is 1. The van der Waals surface area contributed by atoms with Crippen molar-refractivity contribution in [3.63, 3.8) is 0 Å². The maximum atomic E-state index is 11.1. The molecule has 2 aliphatic rings. The Morgan fingerprint density at radius 3 is 2.90 bits per heavy atom. The van der Waals surface area contributed by atoms with Crippen LogP contribution in [0.1, 0.15) is 30.9 Å². The van der Waals surface area contributed by atoms with E-state index in [1.54, 1.807) is 6.20 Å². The minimum Gasteiger partial charge on any atom is -0.481 e. The standard InChI is InChI=1S/C14H16N4O2/c19-14(20)10-3-5-17(8-10)13-12-7-11(9-1-2-9)16-18(12)6-4-15-13/h4,6-7,9-10H,1-3,5,8H2,(H,19,20)/t10-/m0/s1. The van der Waals surface area contributed by atoms with Gasteiger partial charge < -0.3 is 10.0 Å². The predicted octanol–water partition coefficient (Wildman–Crippen LogP) is 1.52. The molecule has 1 atom stereocenters. The summed E-state index contributed by atoms with van der Waals surface area (Å²) in [5.41, 5.74) is 2.12. The third-order valence-corrected chi connectivity index (χ3v) is 4.22. The molecule has 2 fully saturated rings. The van der Waals surface area contributed by atoms with E-state index in [9.17, 15) is 4.79 Å². The number of hydrogen-bond donors (Lipinski definition) is 1. The Hall–Kier alpha value is -2.11. The summed E-state index contributed by atoms with van der Waals surface area (Å²) in [4.78, 5) is 17.6. The molecule has 2 aromatic heterocycles. The fourth-order valence-electron chi connectivity index (χ4n) is 2.90. The number of rotatable bonds is 3. The van der Waals surface area contributed by atoms with E-state index in [-0.39, 0.29) is 5.92 Å². The number of fused-ring (bicyclic) bond motifs is 1. The fraction of sp³-hybridized carbons (Fsp3) is 0.500. The van der Waals surface area contributed by atoms with E-state index in [0.29, 0.717) is 18.9 Å². The molecule has 3 heterocycles. The van der Waals surface area contributed by atoms with Crippen molar-refractivity contribution in [2.24, 2.45) is 5.92 Å². The number of carboxylic acids is 1. The minimum atomic E-state index is -0.716. The van der Waals surface area contributed by atoms with E-state index in [0.717, 1.165) is 23.6 Å². The van der Waals surface area contributed by atoms with Gasteiger partial charge in [-0.2, -0.15) is 5.10 Å². The first-order valence-corrected chi connectivity index (χ1v) is 7.04. The van der Waals surface area contributed by atoms with Gasteiger partial charge in [0.2, 0.25) is 0 Å². The quantitative estimate of drug-likeness (QED) is 0.917. The van der Waals surface area contributed by atoms with E-state index in [4.69, 9.17) is 5.11 Å².